The molecule has 1 aliphatic heterocycles. The lowest BCUT2D eigenvalue weighted by Crippen LogP contribution is -2.42. The molecule has 0 bridgehead atoms. The van der Waals surface area contributed by atoms with Crippen molar-refractivity contribution in [3.8, 4) is 18.1 Å². The monoisotopic (exact) mass is 617 g/mol. The van der Waals surface area contributed by atoms with Gasteiger partial charge >= 0.3 is 13.7 Å². The number of alkyl halides is 1. The average Bonchev–Trinajstić information content (AvgIpc) is 3.71. The predicted octanol–water partition coefficient (Wildman–Crippen LogP) is 2.35. The number of nitrogens with zero attached hydrogens (tertiary/aromatic N) is 5. The number of benzene rings is 1. The number of rotatable bonds is 12. The third kappa shape index (κ3) is 6.15. The molecule has 1 unspecified atom stereocenters. The van der Waals surface area contributed by atoms with Crippen LogP contribution < -0.4 is 20.2 Å². The quantitative estimate of drug-likeness (QED) is 0.154. The molecule has 1 saturated carbocycles. The summed E-state index contributed by atoms with van der Waals surface area (Å²) in [6.45, 7) is 2.50. The smallest absolute Gasteiger partial charge is 0.459 e. The van der Waals surface area contributed by atoms with Gasteiger partial charge in [0, 0.05) is 13.1 Å². The van der Waals surface area contributed by atoms with Crippen LogP contribution >= 0.6 is 7.75 Å². The number of aromatic nitrogens is 4. The van der Waals surface area contributed by atoms with Crippen LogP contribution in [0.2, 0.25) is 0 Å². The van der Waals surface area contributed by atoms with Gasteiger partial charge < -0.3 is 29.7 Å². The largest absolute Gasteiger partial charge is 0.465 e. The summed E-state index contributed by atoms with van der Waals surface area (Å²) in [7, 11) is -2.47. The minimum Gasteiger partial charge on any atom is -0.465 e. The van der Waals surface area contributed by atoms with Crippen LogP contribution in [0.3, 0.4) is 0 Å². The molecule has 1 saturated heterocycles. The Morgan fingerprint density at radius 2 is 2.12 bits per heavy atom. The summed E-state index contributed by atoms with van der Waals surface area (Å²) in [5.74, 6) is 1.86. The SMILES string of the molecule is C#C[C@@]1(F)[C@H](O)[C@@H](COP(=O)(N[C@@H](C)C(=O)OCC)Oc2ccccc2)O[C@H]1n1cnc2c(N(C)C3CC3)nc(N)nc21. The first kappa shape index (κ1) is 30.7. The maximum absolute atomic E-state index is 16.3. The molecule has 1 aromatic carbocycles. The number of carbonyl (C=O) groups is 1. The Bertz CT molecular complexity index is 1570. The summed E-state index contributed by atoms with van der Waals surface area (Å²) in [5, 5.41) is 13.5. The van der Waals surface area contributed by atoms with Crippen molar-refractivity contribution in [1.82, 2.24) is 24.6 Å². The summed E-state index contributed by atoms with van der Waals surface area (Å²) in [4.78, 5) is 27.1. The summed E-state index contributed by atoms with van der Waals surface area (Å²) >= 11 is 0. The maximum Gasteiger partial charge on any atom is 0.459 e. The van der Waals surface area contributed by atoms with Gasteiger partial charge in [-0.25, -0.2) is 13.9 Å². The lowest BCUT2D eigenvalue weighted by atomic mass is 9.97. The second kappa shape index (κ2) is 12.1. The summed E-state index contributed by atoms with van der Waals surface area (Å²) in [6.07, 6.45) is 3.86. The van der Waals surface area contributed by atoms with Gasteiger partial charge in [0.1, 0.15) is 24.0 Å². The molecular formula is C27H33FN7O7P. The van der Waals surface area contributed by atoms with Crippen molar-refractivity contribution in [3.05, 3.63) is 36.7 Å². The summed E-state index contributed by atoms with van der Waals surface area (Å²) in [5.41, 5.74) is 3.70. The Kier molecular flexibility index (Phi) is 8.60. The fraction of sp³-hybridized carbons (Fsp3) is 0.481. The van der Waals surface area contributed by atoms with Crippen LogP contribution in [0.4, 0.5) is 16.2 Å². The van der Waals surface area contributed by atoms with Crippen molar-refractivity contribution in [3.63, 3.8) is 0 Å². The van der Waals surface area contributed by atoms with E-state index in [4.69, 9.17) is 30.7 Å². The highest BCUT2D eigenvalue weighted by Crippen LogP contribution is 2.48. The van der Waals surface area contributed by atoms with E-state index in [0.717, 1.165) is 12.8 Å². The first-order valence-electron chi connectivity index (χ1n) is 13.7. The number of hydrogen-bond acceptors (Lipinski definition) is 12. The van der Waals surface area contributed by atoms with E-state index < -0.39 is 50.5 Å². The van der Waals surface area contributed by atoms with E-state index in [1.54, 1.807) is 25.1 Å². The highest BCUT2D eigenvalue weighted by atomic mass is 31.2. The molecule has 0 spiro atoms. The topological polar surface area (TPSA) is 176 Å². The van der Waals surface area contributed by atoms with Gasteiger partial charge in [0.05, 0.1) is 19.5 Å². The fourth-order valence-corrected chi connectivity index (χ4v) is 6.22. The molecule has 2 aliphatic rings. The van der Waals surface area contributed by atoms with Crippen molar-refractivity contribution in [2.24, 2.45) is 0 Å². The fourth-order valence-electron chi connectivity index (χ4n) is 4.72. The molecular weight excluding hydrogens is 584 g/mol. The molecule has 2 aromatic heterocycles. The number of ether oxygens (including phenoxy) is 2. The predicted molar refractivity (Wildman–Crippen MR) is 154 cm³/mol. The number of imidazole rings is 1. The Hall–Kier alpha value is -3.80. The lowest BCUT2D eigenvalue weighted by molar-refractivity contribution is -0.144. The van der Waals surface area contributed by atoms with Crippen LogP contribution in [0.5, 0.6) is 5.75 Å². The molecule has 230 valence electrons. The zero-order valence-electron chi connectivity index (χ0n) is 23.8. The number of aliphatic hydroxyl groups excluding tert-OH is 1. The minimum atomic E-state index is -4.33. The van der Waals surface area contributed by atoms with E-state index in [9.17, 15) is 14.5 Å². The number of aliphatic hydroxyl groups is 1. The van der Waals surface area contributed by atoms with Gasteiger partial charge in [0.2, 0.25) is 11.6 Å². The highest BCUT2D eigenvalue weighted by molar-refractivity contribution is 7.52. The van der Waals surface area contributed by atoms with E-state index in [0.29, 0.717) is 11.3 Å². The molecule has 6 atom stereocenters. The number of terminal acetylenes is 1. The Morgan fingerprint density at radius 3 is 2.77 bits per heavy atom. The van der Waals surface area contributed by atoms with E-state index in [1.807, 2.05) is 17.9 Å². The zero-order valence-corrected chi connectivity index (χ0v) is 24.7. The van der Waals surface area contributed by atoms with Crippen LogP contribution in [0, 0.1) is 12.3 Å². The number of nitrogen functional groups attached to an aromatic ring is 1. The molecule has 14 nitrogen and oxygen atoms in total. The van der Waals surface area contributed by atoms with Gasteiger partial charge in [0.25, 0.3) is 0 Å². The van der Waals surface area contributed by atoms with Crippen molar-refractivity contribution in [2.45, 2.75) is 62.9 Å². The Labute approximate surface area is 247 Å². The molecule has 3 heterocycles. The van der Waals surface area contributed by atoms with Crippen molar-refractivity contribution < 1.29 is 37.4 Å². The maximum atomic E-state index is 16.3. The second-order valence-corrected chi connectivity index (χ2v) is 11.9. The van der Waals surface area contributed by atoms with Gasteiger partial charge in [-0.1, -0.05) is 24.1 Å². The summed E-state index contributed by atoms with van der Waals surface area (Å²) in [6, 6.07) is 7.24. The van der Waals surface area contributed by atoms with Gasteiger partial charge in [-0.05, 0) is 38.8 Å². The third-order valence-corrected chi connectivity index (χ3v) is 8.78. The lowest BCUT2D eigenvalue weighted by Gasteiger charge is -2.25. The van der Waals surface area contributed by atoms with Gasteiger partial charge in [0.15, 0.2) is 23.2 Å². The number of para-hydroxylation sites is 1. The van der Waals surface area contributed by atoms with E-state index >= 15 is 4.39 Å². The third-order valence-electron chi connectivity index (χ3n) is 7.14. The van der Waals surface area contributed by atoms with E-state index in [-0.39, 0.29) is 30.0 Å². The van der Waals surface area contributed by atoms with Crippen LogP contribution in [0.1, 0.15) is 32.9 Å². The molecule has 43 heavy (non-hydrogen) atoms. The first-order valence-corrected chi connectivity index (χ1v) is 15.2. The van der Waals surface area contributed by atoms with E-state index in [1.165, 1.54) is 30.0 Å². The number of anilines is 2. The molecule has 4 N–H and O–H groups in total. The Balaban J connectivity index is 1.41. The van der Waals surface area contributed by atoms with E-state index in [2.05, 4.69) is 20.0 Å². The number of hydrogen-bond donors (Lipinski definition) is 3. The number of nitrogens with one attached hydrogen (secondary N) is 1. The number of esters is 1. The van der Waals surface area contributed by atoms with Crippen molar-refractivity contribution in [2.75, 3.05) is 30.9 Å². The average molecular weight is 618 g/mol. The normalized spacial score (nSPS) is 25.5. The number of nitrogens with two attached hydrogens (primary N) is 1. The van der Waals surface area contributed by atoms with Crippen LogP contribution in [-0.2, 0) is 23.4 Å². The van der Waals surface area contributed by atoms with Crippen molar-refractivity contribution >= 4 is 36.6 Å². The molecule has 5 rings (SSSR count). The number of carbonyl (C=O) groups excluding carboxylic acids is 1. The zero-order chi connectivity index (χ0) is 30.9. The highest BCUT2D eigenvalue weighted by Gasteiger charge is 2.58. The molecule has 16 heteroatoms. The Morgan fingerprint density at radius 1 is 1.40 bits per heavy atom. The second-order valence-electron chi connectivity index (χ2n) is 10.3. The van der Waals surface area contributed by atoms with Gasteiger partial charge in [-0.2, -0.15) is 15.1 Å². The van der Waals surface area contributed by atoms with Crippen LogP contribution in [-0.4, -0.2) is 80.8 Å². The minimum absolute atomic E-state index is 0.0684. The van der Waals surface area contributed by atoms with Crippen molar-refractivity contribution in [1.29, 1.82) is 0 Å². The molecule has 1 aliphatic carbocycles. The summed E-state index contributed by atoms with van der Waals surface area (Å²) < 4.78 is 53.4. The molecule has 0 amide bonds. The standard InChI is InChI=1S/C27H33FN7O7P/c1-5-27(28)21(36)19(14-40-43(38,33-16(3)24(37)39-6-2)42-18-10-8-7-9-11-18)41-25(27)35-15-30-20-22(34(4)17-12-13-17)31-26(29)32-23(20)35/h1,7-11,15-17,19,21,25,36H,6,12-14H2,2-4H3,(H,33,38)(H2,29,31,32)/t16-,19+,21+,25+,27+,43?/m0/s1. The molecule has 3 aromatic rings. The van der Waals surface area contributed by atoms with Crippen LogP contribution in [0.15, 0.2) is 36.7 Å². The van der Waals surface area contributed by atoms with Crippen LogP contribution in [0.25, 0.3) is 11.2 Å². The van der Waals surface area contributed by atoms with Gasteiger partial charge in [-0.3, -0.25) is 13.9 Å². The molecule has 0 radical (unpaired) electrons. The molecule has 2 fully saturated rings. The first-order chi connectivity index (χ1) is 20.5. The number of fused-ring (bicyclic) bond motifs is 1. The number of halogens is 1. The van der Waals surface area contributed by atoms with Gasteiger partial charge in [-0.15, -0.1) is 6.42 Å².